The molecule has 4 N–H and O–H groups in total. The van der Waals surface area contributed by atoms with Crippen LogP contribution in [0.3, 0.4) is 0 Å². The SMILES string of the molecule is COCC(=O)Nc1cccc(NCCCN)c1. The van der Waals surface area contributed by atoms with Crippen molar-refractivity contribution in [2.45, 2.75) is 6.42 Å². The van der Waals surface area contributed by atoms with Crippen molar-refractivity contribution in [2.24, 2.45) is 5.73 Å². The quantitative estimate of drug-likeness (QED) is 0.619. The molecule has 0 aliphatic carbocycles. The smallest absolute Gasteiger partial charge is 0.250 e. The van der Waals surface area contributed by atoms with Gasteiger partial charge < -0.3 is 21.1 Å². The molecule has 0 radical (unpaired) electrons. The number of carbonyl (C=O) groups excluding carboxylic acids is 1. The molecule has 0 fully saturated rings. The molecule has 94 valence electrons. The number of ether oxygens (including phenoxy) is 1. The van der Waals surface area contributed by atoms with E-state index < -0.39 is 0 Å². The van der Waals surface area contributed by atoms with E-state index in [-0.39, 0.29) is 12.5 Å². The number of benzene rings is 1. The summed E-state index contributed by atoms with van der Waals surface area (Å²) >= 11 is 0. The van der Waals surface area contributed by atoms with Gasteiger partial charge in [0.1, 0.15) is 6.61 Å². The van der Waals surface area contributed by atoms with Gasteiger partial charge in [-0.05, 0) is 31.2 Å². The van der Waals surface area contributed by atoms with E-state index in [1.54, 1.807) is 0 Å². The number of nitrogens with one attached hydrogen (secondary N) is 2. The number of nitrogens with two attached hydrogens (primary N) is 1. The van der Waals surface area contributed by atoms with Crippen LogP contribution < -0.4 is 16.4 Å². The molecular formula is C12H19N3O2. The fraction of sp³-hybridized carbons (Fsp3) is 0.417. The second-order valence-corrected chi connectivity index (χ2v) is 3.63. The lowest BCUT2D eigenvalue weighted by Gasteiger charge is -2.08. The Bertz CT molecular complexity index is 355. The van der Waals surface area contributed by atoms with Crippen LogP contribution in [0.25, 0.3) is 0 Å². The number of amides is 1. The lowest BCUT2D eigenvalue weighted by atomic mass is 10.2. The van der Waals surface area contributed by atoms with Crippen molar-refractivity contribution in [3.05, 3.63) is 24.3 Å². The van der Waals surface area contributed by atoms with Crippen LogP contribution in [0.15, 0.2) is 24.3 Å². The third-order valence-corrected chi connectivity index (χ3v) is 2.13. The van der Waals surface area contributed by atoms with Crippen molar-refractivity contribution in [1.29, 1.82) is 0 Å². The molecule has 1 amide bonds. The molecule has 5 nitrogen and oxygen atoms in total. The Labute approximate surface area is 101 Å². The third kappa shape index (κ3) is 5.33. The van der Waals surface area contributed by atoms with Crippen LogP contribution in [0.4, 0.5) is 11.4 Å². The van der Waals surface area contributed by atoms with Crippen molar-refractivity contribution in [2.75, 3.05) is 37.4 Å². The van der Waals surface area contributed by atoms with Gasteiger partial charge in [0.15, 0.2) is 0 Å². The highest BCUT2D eigenvalue weighted by Gasteiger charge is 2.01. The maximum atomic E-state index is 11.3. The van der Waals surface area contributed by atoms with Gasteiger partial charge in [0.25, 0.3) is 0 Å². The molecule has 0 bridgehead atoms. The van der Waals surface area contributed by atoms with Gasteiger partial charge in [-0.15, -0.1) is 0 Å². The predicted octanol–water partition coefficient (Wildman–Crippen LogP) is 1.03. The summed E-state index contributed by atoms with van der Waals surface area (Å²) in [6, 6.07) is 7.54. The minimum absolute atomic E-state index is 0.0603. The number of rotatable bonds is 7. The van der Waals surface area contributed by atoms with Crippen LogP contribution in [0.2, 0.25) is 0 Å². The normalized spacial score (nSPS) is 10.0. The average molecular weight is 237 g/mol. The zero-order valence-electron chi connectivity index (χ0n) is 10.0. The standard InChI is InChI=1S/C12H19N3O2/c1-17-9-12(16)15-11-5-2-4-10(8-11)14-7-3-6-13/h2,4-5,8,14H,3,6-7,9,13H2,1H3,(H,15,16). The molecule has 1 rings (SSSR count). The zero-order valence-corrected chi connectivity index (χ0v) is 10.0. The highest BCUT2D eigenvalue weighted by atomic mass is 16.5. The summed E-state index contributed by atoms with van der Waals surface area (Å²) in [5.41, 5.74) is 7.13. The Hall–Kier alpha value is -1.59. The van der Waals surface area contributed by atoms with E-state index in [0.717, 1.165) is 24.3 Å². The topological polar surface area (TPSA) is 76.4 Å². The van der Waals surface area contributed by atoms with Crippen LogP contribution in [0.5, 0.6) is 0 Å². The summed E-state index contributed by atoms with van der Waals surface area (Å²) in [5, 5.41) is 5.97. The average Bonchev–Trinajstić information content (AvgIpc) is 2.30. The van der Waals surface area contributed by atoms with E-state index >= 15 is 0 Å². The Kier molecular flexibility index (Phi) is 6.06. The van der Waals surface area contributed by atoms with Gasteiger partial charge in [0.05, 0.1) is 0 Å². The first kappa shape index (κ1) is 13.5. The highest BCUT2D eigenvalue weighted by molar-refractivity contribution is 5.92. The molecule has 0 atom stereocenters. The van der Waals surface area contributed by atoms with E-state index in [1.807, 2.05) is 24.3 Å². The van der Waals surface area contributed by atoms with Gasteiger partial charge in [0, 0.05) is 25.0 Å². The fourth-order valence-electron chi connectivity index (χ4n) is 1.37. The maximum absolute atomic E-state index is 11.3. The van der Waals surface area contributed by atoms with Crippen LogP contribution >= 0.6 is 0 Å². The molecule has 0 spiro atoms. The Morgan fingerprint density at radius 3 is 2.88 bits per heavy atom. The molecule has 0 heterocycles. The van der Waals surface area contributed by atoms with E-state index in [2.05, 4.69) is 10.6 Å². The van der Waals surface area contributed by atoms with E-state index in [9.17, 15) is 4.79 Å². The second-order valence-electron chi connectivity index (χ2n) is 3.63. The number of hydrogen-bond acceptors (Lipinski definition) is 4. The largest absolute Gasteiger partial charge is 0.385 e. The number of methoxy groups -OCH3 is 1. The Balaban J connectivity index is 2.50. The molecule has 0 aliphatic rings. The van der Waals surface area contributed by atoms with Crippen molar-refractivity contribution < 1.29 is 9.53 Å². The van der Waals surface area contributed by atoms with Gasteiger partial charge in [0.2, 0.25) is 5.91 Å². The molecule has 0 saturated heterocycles. The highest BCUT2D eigenvalue weighted by Crippen LogP contribution is 2.14. The first-order valence-corrected chi connectivity index (χ1v) is 5.59. The van der Waals surface area contributed by atoms with Crippen molar-refractivity contribution in [3.63, 3.8) is 0 Å². The molecule has 0 saturated carbocycles. The van der Waals surface area contributed by atoms with Crippen LogP contribution in [-0.2, 0) is 9.53 Å². The van der Waals surface area contributed by atoms with Gasteiger partial charge in [-0.2, -0.15) is 0 Å². The Morgan fingerprint density at radius 2 is 2.18 bits per heavy atom. The summed E-state index contributed by atoms with van der Waals surface area (Å²) in [4.78, 5) is 11.3. The molecule has 0 unspecified atom stereocenters. The second kappa shape index (κ2) is 7.65. The molecule has 0 aliphatic heterocycles. The van der Waals surface area contributed by atoms with E-state index in [1.165, 1.54) is 7.11 Å². The molecule has 0 aromatic heterocycles. The van der Waals surface area contributed by atoms with Crippen LogP contribution in [0, 0.1) is 0 Å². The van der Waals surface area contributed by atoms with Gasteiger partial charge in [-0.3, -0.25) is 4.79 Å². The summed E-state index contributed by atoms with van der Waals surface area (Å²) in [6.07, 6.45) is 0.917. The first-order valence-electron chi connectivity index (χ1n) is 5.59. The van der Waals surface area contributed by atoms with Gasteiger partial charge in [-0.25, -0.2) is 0 Å². The van der Waals surface area contributed by atoms with E-state index in [4.69, 9.17) is 10.5 Å². The number of anilines is 2. The Morgan fingerprint density at radius 1 is 1.41 bits per heavy atom. The minimum Gasteiger partial charge on any atom is -0.385 e. The van der Waals surface area contributed by atoms with Crippen molar-refractivity contribution in [1.82, 2.24) is 0 Å². The van der Waals surface area contributed by atoms with E-state index in [0.29, 0.717) is 6.54 Å². The minimum atomic E-state index is -0.161. The molecular weight excluding hydrogens is 218 g/mol. The summed E-state index contributed by atoms with van der Waals surface area (Å²) in [6.45, 7) is 1.55. The van der Waals surface area contributed by atoms with Crippen molar-refractivity contribution in [3.8, 4) is 0 Å². The number of hydrogen-bond donors (Lipinski definition) is 3. The molecule has 1 aromatic rings. The lowest BCUT2D eigenvalue weighted by Crippen LogP contribution is -2.17. The van der Waals surface area contributed by atoms with Gasteiger partial charge >= 0.3 is 0 Å². The number of carbonyl (C=O) groups is 1. The van der Waals surface area contributed by atoms with Crippen molar-refractivity contribution >= 4 is 17.3 Å². The van der Waals surface area contributed by atoms with Crippen LogP contribution in [0.1, 0.15) is 6.42 Å². The molecule has 5 heteroatoms. The third-order valence-electron chi connectivity index (χ3n) is 2.13. The summed E-state index contributed by atoms with van der Waals surface area (Å²) < 4.78 is 4.74. The van der Waals surface area contributed by atoms with Gasteiger partial charge in [-0.1, -0.05) is 6.07 Å². The maximum Gasteiger partial charge on any atom is 0.250 e. The molecule has 17 heavy (non-hydrogen) atoms. The first-order chi connectivity index (χ1) is 8.26. The molecule has 1 aromatic carbocycles. The predicted molar refractivity (Wildman–Crippen MR) is 69.1 cm³/mol. The zero-order chi connectivity index (χ0) is 12.5. The monoisotopic (exact) mass is 237 g/mol. The summed E-state index contributed by atoms with van der Waals surface area (Å²) in [5.74, 6) is -0.161. The lowest BCUT2D eigenvalue weighted by molar-refractivity contribution is -0.119. The fourth-order valence-corrected chi connectivity index (χ4v) is 1.37. The summed E-state index contributed by atoms with van der Waals surface area (Å²) in [7, 11) is 1.49. The van der Waals surface area contributed by atoms with Crippen LogP contribution in [-0.4, -0.2) is 32.7 Å².